The van der Waals surface area contributed by atoms with Gasteiger partial charge in [0.15, 0.2) is 11.6 Å². The topological polar surface area (TPSA) is 110 Å². The number of H-pyrrole nitrogens is 1. The molecule has 0 bridgehead atoms. The maximum atomic E-state index is 14.3. The lowest BCUT2D eigenvalue weighted by molar-refractivity contribution is 0.100. The molecule has 2 heterocycles. The Morgan fingerprint density at radius 1 is 1.30 bits per heavy atom. The molecule has 2 aromatic heterocycles. The highest BCUT2D eigenvalue weighted by Crippen LogP contribution is 2.41. The van der Waals surface area contributed by atoms with E-state index >= 15 is 0 Å². The number of aromatic nitrogens is 4. The number of amides is 1. The predicted molar refractivity (Wildman–Crippen MR) is 81.9 cm³/mol. The Bertz CT molecular complexity index is 917. The summed E-state index contributed by atoms with van der Waals surface area (Å²) in [6.45, 7) is 0. The molecule has 3 aromatic rings. The van der Waals surface area contributed by atoms with Crippen LogP contribution in [0, 0.1) is 5.82 Å². The van der Waals surface area contributed by atoms with Crippen LogP contribution in [0.1, 0.15) is 34.8 Å². The summed E-state index contributed by atoms with van der Waals surface area (Å²) in [5.74, 6) is -0.280. The van der Waals surface area contributed by atoms with E-state index in [1.54, 1.807) is 18.2 Å². The molecule has 4 rings (SSSR count). The predicted octanol–water partition coefficient (Wildman–Crippen LogP) is 2.21. The Balaban J connectivity index is 1.76. The summed E-state index contributed by atoms with van der Waals surface area (Å²) in [4.78, 5) is 19.6. The number of nitrogens with zero attached hydrogens (tertiary/aromatic N) is 3. The van der Waals surface area contributed by atoms with Crippen LogP contribution in [0.25, 0.3) is 10.9 Å². The number of aromatic amines is 1. The number of fused-ring (bicyclic) bond motifs is 1. The molecule has 1 aliphatic carbocycles. The van der Waals surface area contributed by atoms with E-state index in [1.807, 2.05) is 0 Å². The zero-order valence-corrected chi connectivity index (χ0v) is 12.0. The summed E-state index contributed by atoms with van der Waals surface area (Å²) >= 11 is 0. The highest BCUT2D eigenvalue weighted by atomic mass is 19.1. The number of carbonyl (C=O) groups excluding carboxylic acids is 1. The maximum absolute atomic E-state index is 14.3. The van der Waals surface area contributed by atoms with Gasteiger partial charge in [-0.1, -0.05) is 0 Å². The molecule has 0 radical (unpaired) electrons. The molecule has 1 amide bonds. The van der Waals surface area contributed by atoms with E-state index in [4.69, 9.17) is 5.73 Å². The maximum Gasteiger partial charge on any atom is 0.248 e. The molecule has 0 atom stereocenters. The van der Waals surface area contributed by atoms with Crippen molar-refractivity contribution in [3.63, 3.8) is 0 Å². The summed E-state index contributed by atoms with van der Waals surface area (Å²) in [5.41, 5.74) is 6.76. The highest BCUT2D eigenvalue weighted by Gasteiger charge is 2.30. The molecule has 4 N–H and O–H groups in total. The van der Waals surface area contributed by atoms with Crippen LogP contribution in [-0.4, -0.2) is 26.1 Å². The van der Waals surface area contributed by atoms with Crippen LogP contribution in [0.3, 0.4) is 0 Å². The highest BCUT2D eigenvalue weighted by molar-refractivity contribution is 5.99. The van der Waals surface area contributed by atoms with Gasteiger partial charge >= 0.3 is 0 Å². The van der Waals surface area contributed by atoms with E-state index in [0.717, 1.165) is 12.8 Å². The molecule has 1 aliphatic rings. The molecule has 0 unspecified atom stereocenters. The lowest BCUT2D eigenvalue weighted by Gasteiger charge is -2.07. The number of hydrogen-bond acceptors (Lipinski definition) is 5. The molecular weight excluding hydrogens is 299 g/mol. The van der Waals surface area contributed by atoms with Crippen molar-refractivity contribution in [1.29, 1.82) is 0 Å². The number of carbonyl (C=O) groups is 1. The van der Waals surface area contributed by atoms with Crippen LogP contribution < -0.4 is 11.1 Å². The van der Waals surface area contributed by atoms with Gasteiger partial charge in [0.05, 0.1) is 11.2 Å². The Morgan fingerprint density at radius 2 is 2.13 bits per heavy atom. The van der Waals surface area contributed by atoms with Gasteiger partial charge in [-0.2, -0.15) is 5.10 Å². The molecule has 116 valence electrons. The Kier molecular flexibility index (Phi) is 2.97. The standard InChI is InChI=1S/C15H13FN6O/c16-11-12(7-1-2-7)21-22-15(11)20-14-9-5-8(13(17)23)3-4-10(9)18-6-19-14/h3-7H,1-2H2,(H2,17,23)(H2,18,19,20,21,22). The summed E-state index contributed by atoms with van der Waals surface area (Å²) in [6, 6.07) is 4.83. The fraction of sp³-hybridized carbons (Fsp3) is 0.200. The second-order valence-electron chi connectivity index (χ2n) is 5.52. The Hall–Kier alpha value is -3.03. The van der Waals surface area contributed by atoms with E-state index in [1.165, 1.54) is 6.33 Å². The van der Waals surface area contributed by atoms with E-state index in [-0.39, 0.29) is 11.7 Å². The first-order chi connectivity index (χ1) is 11.1. The van der Waals surface area contributed by atoms with Crippen LogP contribution in [0.15, 0.2) is 24.5 Å². The van der Waals surface area contributed by atoms with Crippen molar-refractivity contribution in [1.82, 2.24) is 20.2 Å². The fourth-order valence-corrected chi connectivity index (χ4v) is 2.49. The third-order valence-electron chi connectivity index (χ3n) is 3.87. The summed E-state index contributed by atoms with van der Waals surface area (Å²) in [7, 11) is 0. The number of anilines is 2. The van der Waals surface area contributed by atoms with Gasteiger partial charge in [-0.15, -0.1) is 0 Å². The SMILES string of the molecule is NC(=O)c1ccc2ncnc(Nc3n[nH]c(C4CC4)c3F)c2c1. The average Bonchev–Trinajstić information content (AvgIpc) is 3.32. The third-order valence-corrected chi connectivity index (χ3v) is 3.87. The fourth-order valence-electron chi connectivity index (χ4n) is 2.49. The second-order valence-corrected chi connectivity index (χ2v) is 5.52. The van der Waals surface area contributed by atoms with Gasteiger partial charge in [0.25, 0.3) is 0 Å². The number of benzene rings is 1. The lowest BCUT2D eigenvalue weighted by Crippen LogP contribution is -2.10. The van der Waals surface area contributed by atoms with E-state index in [0.29, 0.717) is 28.0 Å². The van der Waals surface area contributed by atoms with Gasteiger partial charge in [-0.05, 0) is 31.0 Å². The van der Waals surface area contributed by atoms with Crippen LogP contribution in [0.5, 0.6) is 0 Å². The van der Waals surface area contributed by atoms with E-state index < -0.39 is 11.7 Å². The van der Waals surface area contributed by atoms with Crippen molar-refractivity contribution in [2.24, 2.45) is 5.73 Å². The van der Waals surface area contributed by atoms with Gasteiger partial charge < -0.3 is 11.1 Å². The average molecular weight is 312 g/mol. The minimum absolute atomic E-state index is 0.0800. The first-order valence-electron chi connectivity index (χ1n) is 7.19. The molecule has 23 heavy (non-hydrogen) atoms. The molecule has 1 fully saturated rings. The second kappa shape index (κ2) is 5.01. The van der Waals surface area contributed by atoms with Gasteiger partial charge in [0, 0.05) is 16.9 Å². The van der Waals surface area contributed by atoms with Crippen molar-refractivity contribution in [3.05, 3.63) is 41.6 Å². The van der Waals surface area contributed by atoms with Crippen LogP contribution in [0.2, 0.25) is 0 Å². The van der Waals surface area contributed by atoms with Gasteiger partial charge in [-0.25, -0.2) is 14.4 Å². The van der Waals surface area contributed by atoms with Crippen LogP contribution in [0.4, 0.5) is 16.0 Å². The minimum atomic E-state index is -0.552. The minimum Gasteiger partial charge on any atom is -0.366 e. The Morgan fingerprint density at radius 3 is 2.87 bits per heavy atom. The van der Waals surface area contributed by atoms with Crippen molar-refractivity contribution in [3.8, 4) is 0 Å². The zero-order valence-electron chi connectivity index (χ0n) is 12.0. The molecule has 0 aliphatic heterocycles. The van der Waals surface area contributed by atoms with Crippen molar-refractivity contribution >= 4 is 28.4 Å². The van der Waals surface area contributed by atoms with Crippen molar-refractivity contribution < 1.29 is 9.18 Å². The van der Waals surface area contributed by atoms with Crippen LogP contribution >= 0.6 is 0 Å². The van der Waals surface area contributed by atoms with E-state index in [2.05, 4.69) is 25.5 Å². The summed E-state index contributed by atoms with van der Waals surface area (Å²) in [5, 5.41) is 10.1. The summed E-state index contributed by atoms with van der Waals surface area (Å²) < 4.78 is 14.3. The molecule has 0 saturated heterocycles. The van der Waals surface area contributed by atoms with Gasteiger partial charge in [0.2, 0.25) is 5.91 Å². The molecule has 1 aromatic carbocycles. The quantitative estimate of drug-likeness (QED) is 0.684. The monoisotopic (exact) mass is 312 g/mol. The number of hydrogen-bond donors (Lipinski definition) is 3. The smallest absolute Gasteiger partial charge is 0.248 e. The number of rotatable bonds is 4. The van der Waals surface area contributed by atoms with E-state index in [9.17, 15) is 9.18 Å². The van der Waals surface area contributed by atoms with Crippen LogP contribution in [-0.2, 0) is 0 Å². The normalized spacial score (nSPS) is 14.1. The molecule has 0 spiro atoms. The molecule has 7 nitrogen and oxygen atoms in total. The summed E-state index contributed by atoms with van der Waals surface area (Å²) in [6.07, 6.45) is 3.30. The first kappa shape index (κ1) is 13.6. The van der Waals surface area contributed by atoms with Gasteiger partial charge in [0.1, 0.15) is 12.1 Å². The van der Waals surface area contributed by atoms with Crippen molar-refractivity contribution in [2.45, 2.75) is 18.8 Å². The van der Waals surface area contributed by atoms with Gasteiger partial charge in [-0.3, -0.25) is 9.89 Å². The Labute approximate surface area is 130 Å². The number of nitrogens with one attached hydrogen (secondary N) is 2. The molecular formula is C15H13FN6O. The molecule has 8 heteroatoms. The third kappa shape index (κ3) is 2.37. The van der Waals surface area contributed by atoms with Crippen molar-refractivity contribution in [2.75, 3.05) is 5.32 Å². The first-order valence-corrected chi connectivity index (χ1v) is 7.19. The largest absolute Gasteiger partial charge is 0.366 e. The number of nitrogens with two attached hydrogens (primary N) is 1. The zero-order chi connectivity index (χ0) is 16.0. The lowest BCUT2D eigenvalue weighted by atomic mass is 10.1. The number of halogens is 1. The number of primary amides is 1. The molecule has 1 saturated carbocycles.